The van der Waals surface area contributed by atoms with Crippen LogP contribution in [0.4, 0.5) is 20.2 Å². The molecule has 2 rings (SSSR count). The van der Waals surface area contributed by atoms with Crippen molar-refractivity contribution in [1.82, 2.24) is 0 Å². The fourth-order valence-electron chi connectivity index (χ4n) is 1.96. The van der Waals surface area contributed by atoms with Crippen molar-refractivity contribution in [1.29, 1.82) is 0 Å². The molecule has 1 aliphatic heterocycles. The monoisotopic (exact) mass is 212 g/mol. The zero-order valence-corrected chi connectivity index (χ0v) is 8.47. The molecule has 4 heteroatoms. The van der Waals surface area contributed by atoms with Gasteiger partial charge in [-0.2, -0.15) is 0 Å². The first-order chi connectivity index (χ1) is 7.18. The average Bonchev–Trinajstić information content (AvgIpc) is 2.25. The van der Waals surface area contributed by atoms with Crippen molar-refractivity contribution in [2.45, 2.75) is 19.3 Å². The fourth-order valence-corrected chi connectivity index (χ4v) is 1.96. The molecule has 1 aromatic rings. The molecule has 0 saturated carbocycles. The van der Waals surface area contributed by atoms with E-state index in [9.17, 15) is 8.78 Å². The van der Waals surface area contributed by atoms with Crippen LogP contribution in [0.5, 0.6) is 0 Å². The van der Waals surface area contributed by atoms with Crippen molar-refractivity contribution in [3.63, 3.8) is 0 Å². The van der Waals surface area contributed by atoms with Crippen LogP contribution in [-0.4, -0.2) is 13.1 Å². The highest BCUT2D eigenvalue weighted by Gasteiger charge is 2.16. The molecule has 1 heterocycles. The zero-order valence-electron chi connectivity index (χ0n) is 8.47. The van der Waals surface area contributed by atoms with Crippen molar-refractivity contribution in [3.8, 4) is 0 Å². The molecule has 1 aromatic carbocycles. The number of anilines is 2. The Labute approximate surface area is 87.7 Å². The van der Waals surface area contributed by atoms with E-state index < -0.39 is 11.6 Å². The summed E-state index contributed by atoms with van der Waals surface area (Å²) in [4.78, 5) is 2.02. The summed E-state index contributed by atoms with van der Waals surface area (Å²) in [6.07, 6.45) is 3.36. The van der Waals surface area contributed by atoms with Crippen LogP contribution in [0.3, 0.4) is 0 Å². The third-order valence-corrected chi connectivity index (χ3v) is 2.77. The minimum Gasteiger partial charge on any atom is -0.397 e. The highest BCUT2D eigenvalue weighted by molar-refractivity contribution is 5.67. The second-order valence-electron chi connectivity index (χ2n) is 3.87. The third kappa shape index (κ3) is 2.03. The number of nitrogens with zero attached hydrogens (tertiary/aromatic N) is 1. The second-order valence-corrected chi connectivity index (χ2v) is 3.87. The van der Waals surface area contributed by atoms with Gasteiger partial charge in [0.25, 0.3) is 0 Å². The molecule has 2 N–H and O–H groups in total. The lowest BCUT2D eigenvalue weighted by Gasteiger charge is -2.29. The molecule has 2 nitrogen and oxygen atoms in total. The quantitative estimate of drug-likeness (QED) is 0.725. The first kappa shape index (κ1) is 10.2. The summed E-state index contributed by atoms with van der Waals surface area (Å²) in [6.45, 7) is 1.74. The third-order valence-electron chi connectivity index (χ3n) is 2.77. The van der Waals surface area contributed by atoms with E-state index in [2.05, 4.69) is 0 Å². The Kier molecular flexibility index (Phi) is 2.75. The van der Waals surface area contributed by atoms with E-state index >= 15 is 0 Å². The minimum atomic E-state index is -0.881. The Morgan fingerprint density at radius 1 is 1.00 bits per heavy atom. The van der Waals surface area contributed by atoms with E-state index in [4.69, 9.17) is 5.73 Å². The van der Waals surface area contributed by atoms with E-state index in [0.29, 0.717) is 11.4 Å². The normalized spacial score (nSPS) is 16.8. The van der Waals surface area contributed by atoms with Gasteiger partial charge in [-0.15, -0.1) is 0 Å². The average molecular weight is 212 g/mol. The van der Waals surface area contributed by atoms with Crippen LogP contribution in [0.2, 0.25) is 0 Å². The number of rotatable bonds is 1. The van der Waals surface area contributed by atoms with Gasteiger partial charge in [0, 0.05) is 25.2 Å². The maximum absolute atomic E-state index is 13.1. The van der Waals surface area contributed by atoms with Gasteiger partial charge in [-0.25, -0.2) is 8.78 Å². The SMILES string of the molecule is Nc1cc(F)c(F)cc1N1CCCCC1. The molecule has 1 saturated heterocycles. The van der Waals surface area contributed by atoms with Crippen molar-refractivity contribution < 1.29 is 8.78 Å². The largest absolute Gasteiger partial charge is 0.397 e. The van der Waals surface area contributed by atoms with Gasteiger partial charge in [-0.05, 0) is 19.3 Å². The number of benzene rings is 1. The summed E-state index contributed by atoms with van der Waals surface area (Å²) < 4.78 is 25.9. The molecule has 0 unspecified atom stereocenters. The first-order valence-corrected chi connectivity index (χ1v) is 5.18. The van der Waals surface area contributed by atoms with E-state index in [1.54, 1.807) is 0 Å². The van der Waals surface area contributed by atoms with Gasteiger partial charge in [-0.1, -0.05) is 0 Å². The molecular formula is C11H14F2N2. The van der Waals surface area contributed by atoms with Gasteiger partial charge in [0.1, 0.15) is 0 Å². The molecule has 0 radical (unpaired) electrons. The summed E-state index contributed by atoms with van der Waals surface area (Å²) >= 11 is 0. The van der Waals surface area contributed by atoms with Gasteiger partial charge in [-0.3, -0.25) is 0 Å². The molecule has 0 atom stereocenters. The summed E-state index contributed by atoms with van der Waals surface area (Å²) in [7, 11) is 0. The molecule has 0 spiro atoms. The van der Waals surface area contributed by atoms with Gasteiger partial charge in [0.2, 0.25) is 0 Å². The molecular weight excluding hydrogens is 198 g/mol. The molecule has 0 aromatic heterocycles. The Balaban J connectivity index is 2.30. The summed E-state index contributed by atoms with van der Waals surface area (Å²) in [5.74, 6) is -1.71. The van der Waals surface area contributed by atoms with Crippen LogP contribution in [-0.2, 0) is 0 Å². The number of hydrogen-bond donors (Lipinski definition) is 1. The summed E-state index contributed by atoms with van der Waals surface area (Å²) in [5.41, 5.74) is 6.61. The van der Waals surface area contributed by atoms with Crippen LogP contribution in [0.25, 0.3) is 0 Å². The Morgan fingerprint density at radius 2 is 1.60 bits per heavy atom. The standard InChI is InChI=1S/C11H14F2N2/c12-8-6-10(14)11(7-9(8)13)15-4-2-1-3-5-15/h6-7H,1-5,14H2. The van der Waals surface area contributed by atoms with Crippen LogP contribution in [0.1, 0.15) is 19.3 Å². The van der Waals surface area contributed by atoms with Gasteiger partial charge >= 0.3 is 0 Å². The van der Waals surface area contributed by atoms with Crippen molar-refractivity contribution in [2.24, 2.45) is 0 Å². The predicted octanol–water partition coefficient (Wildman–Crippen LogP) is 2.54. The van der Waals surface area contributed by atoms with Crippen molar-refractivity contribution in [3.05, 3.63) is 23.8 Å². The van der Waals surface area contributed by atoms with Crippen molar-refractivity contribution in [2.75, 3.05) is 23.7 Å². The van der Waals surface area contributed by atoms with Crippen LogP contribution < -0.4 is 10.6 Å². The van der Waals surface area contributed by atoms with E-state index in [1.807, 2.05) is 4.90 Å². The predicted molar refractivity (Wildman–Crippen MR) is 56.8 cm³/mol. The Hall–Kier alpha value is -1.32. The zero-order chi connectivity index (χ0) is 10.8. The summed E-state index contributed by atoms with van der Waals surface area (Å²) in [5, 5.41) is 0. The molecule has 82 valence electrons. The molecule has 0 amide bonds. The lowest BCUT2D eigenvalue weighted by molar-refractivity contribution is 0.507. The minimum absolute atomic E-state index is 0.316. The van der Waals surface area contributed by atoms with Crippen LogP contribution in [0, 0.1) is 11.6 Å². The van der Waals surface area contributed by atoms with Crippen LogP contribution in [0.15, 0.2) is 12.1 Å². The molecule has 15 heavy (non-hydrogen) atoms. The number of nitrogen functional groups attached to an aromatic ring is 1. The summed E-state index contributed by atoms with van der Waals surface area (Å²) in [6, 6.07) is 2.25. The highest BCUT2D eigenvalue weighted by Crippen LogP contribution is 2.28. The molecule has 0 aliphatic carbocycles. The number of nitrogens with two attached hydrogens (primary N) is 1. The van der Waals surface area contributed by atoms with E-state index in [1.165, 1.54) is 12.5 Å². The molecule has 0 bridgehead atoms. The number of halogens is 2. The number of hydrogen-bond acceptors (Lipinski definition) is 2. The Bertz CT molecular complexity index is 360. The second kappa shape index (κ2) is 4.04. The maximum Gasteiger partial charge on any atom is 0.161 e. The first-order valence-electron chi connectivity index (χ1n) is 5.18. The fraction of sp³-hybridized carbons (Fsp3) is 0.455. The topological polar surface area (TPSA) is 29.3 Å². The van der Waals surface area contributed by atoms with Gasteiger partial charge in [0.15, 0.2) is 11.6 Å². The smallest absolute Gasteiger partial charge is 0.161 e. The highest BCUT2D eigenvalue weighted by atomic mass is 19.2. The van der Waals surface area contributed by atoms with E-state index in [0.717, 1.165) is 32.0 Å². The number of piperidine rings is 1. The van der Waals surface area contributed by atoms with Crippen molar-refractivity contribution >= 4 is 11.4 Å². The Morgan fingerprint density at radius 3 is 2.27 bits per heavy atom. The lowest BCUT2D eigenvalue weighted by atomic mass is 10.1. The van der Waals surface area contributed by atoms with Crippen LogP contribution >= 0.6 is 0 Å². The maximum atomic E-state index is 13.1. The molecule has 1 aliphatic rings. The van der Waals surface area contributed by atoms with Gasteiger partial charge in [0.05, 0.1) is 11.4 Å². The lowest BCUT2D eigenvalue weighted by Crippen LogP contribution is -2.30. The van der Waals surface area contributed by atoms with Gasteiger partial charge < -0.3 is 10.6 Å². The van der Waals surface area contributed by atoms with E-state index in [-0.39, 0.29) is 0 Å². The molecule has 1 fully saturated rings.